The molecule has 0 aliphatic heterocycles. The third kappa shape index (κ3) is 5.01. The third-order valence-corrected chi connectivity index (χ3v) is 2.65. The molecule has 0 N–H and O–H groups in total. The van der Waals surface area contributed by atoms with E-state index in [1.165, 1.54) is 6.08 Å². The van der Waals surface area contributed by atoms with Crippen molar-refractivity contribution in [3.8, 4) is 0 Å². The SMILES string of the molecule is C=CC(=O)OCC(C)(C)CBr. The van der Waals surface area contributed by atoms with Crippen molar-refractivity contribution < 1.29 is 9.53 Å². The first-order chi connectivity index (χ1) is 5.02. The molecule has 0 heterocycles. The van der Waals surface area contributed by atoms with E-state index in [4.69, 9.17) is 4.74 Å². The molecule has 0 fully saturated rings. The van der Waals surface area contributed by atoms with E-state index in [9.17, 15) is 4.79 Å². The van der Waals surface area contributed by atoms with Gasteiger partial charge in [0.1, 0.15) is 0 Å². The van der Waals surface area contributed by atoms with Crippen LogP contribution in [-0.2, 0) is 9.53 Å². The minimum Gasteiger partial charge on any atom is -0.462 e. The van der Waals surface area contributed by atoms with Crippen molar-refractivity contribution in [3.05, 3.63) is 12.7 Å². The summed E-state index contributed by atoms with van der Waals surface area (Å²) < 4.78 is 4.86. The lowest BCUT2D eigenvalue weighted by Gasteiger charge is -2.20. The molecule has 0 aromatic rings. The van der Waals surface area contributed by atoms with Gasteiger partial charge in [0.05, 0.1) is 6.61 Å². The molecule has 0 spiro atoms. The van der Waals surface area contributed by atoms with E-state index < -0.39 is 0 Å². The lowest BCUT2D eigenvalue weighted by molar-refractivity contribution is -0.140. The summed E-state index contributed by atoms with van der Waals surface area (Å²) in [5.74, 6) is -0.362. The van der Waals surface area contributed by atoms with Gasteiger partial charge in [-0.15, -0.1) is 0 Å². The zero-order chi connectivity index (χ0) is 8.91. The fraction of sp³-hybridized carbons (Fsp3) is 0.625. The van der Waals surface area contributed by atoms with Crippen LogP contribution in [0.15, 0.2) is 12.7 Å². The lowest BCUT2D eigenvalue weighted by atomic mass is 9.99. The van der Waals surface area contributed by atoms with Gasteiger partial charge in [-0.1, -0.05) is 36.4 Å². The molecule has 2 nitrogen and oxygen atoms in total. The Morgan fingerprint density at radius 3 is 2.64 bits per heavy atom. The molecule has 0 bridgehead atoms. The Bertz CT molecular complexity index is 152. The van der Waals surface area contributed by atoms with Crippen molar-refractivity contribution in [3.63, 3.8) is 0 Å². The fourth-order valence-electron chi connectivity index (χ4n) is 0.364. The van der Waals surface area contributed by atoms with Gasteiger partial charge in [-0.2, -0.15) is 0 Å². The summed E-state index contributed by atoms with van der Waals surface area (Å²) in [6, 6.07) is 0. The summed E-state index contributed by atoms with van der Waals surface area (Å²) in [4.78, 5) is 10.6. The van der Waals surface area contributed by atoms with Crippen molar-refractivity contribution in [2.45, 2.75) is 13.8 Å². The van der Waals surface area contributed by atoms with Crippen molar-refractivity contribution in [1.82, 2.24) is 0 Å². The molecule has 0 atom stereocenters. The van der Waals surface area contributed by atoms with Gasteiger partial charge in [-0.25, -0.2) is 4.79 Å². The second kappa shape index (κ2) is 4.54. The quantitative estimate of drug-likeness (QED) is 0.413. The summed E-state index contributed by atoms with van der Waals surface area (Å²) in [6.07, 6.45) is 1.17. The van der Waals surface area contributed by atoms with Crippen molar-refractivity contribution in [2.75, 3.05) is 11.9 Å². The van der Waals surface area contributed by atoms with Gasteiger partial charge in [-0.3, -0.25) is 0 Å². The van der Waals surface area contributed by atoms with Crippen LogP contribution < -0.4 is 0 Å². The molecule has 64 valence electrons. The first-order valence-electron chi connectivity index (χ1n) is 3.37. The first-order valence-corrected chi connectivity index (χ1v) is 4.49. The Morgan fingerprint density at radius 1 is 1.73 bits per heavy atom. The first kappa shape index (κ1) is 10.7. The largest absolute Gasteiger partial charge is 0.462 e. The highest BCUT2D eigenvalue weighted by atomic mass is 79.9. The smallest absolute Gasteiger partial charge is 0.330 e. The minimum atomic E-state index is -0.362. The van der Waals surface area contributed by atoms with Crippen LogP contribution >= 0.6 is 15.9 Å². The van der Waals surface area contributed by atoms with E-state index in [1.54, 1.807) is 0 Å². The molecule has 0 radical (unpaired) electrons. The molecule has 3 heteroatoms. The van der Waals surface area contributed by atoms with E-state index in [0.717, 1.165) is 5.33 Å². The molecular weight excluding hydrogens is 208 g/mol. The van der Waals surface area contributed by atoms with Crippen LogP contribution in [0.25, 0.3) is 0 Å². The molecule has 11 heavy (non-hydrogen) atoms. The molecule has 0 saturated heterocycles. The highest BCUT2D eigenvalue weighted by Crippen LogP contribution is 2.18. The summed E-state index contributed by atoms with van der Waals surface area (Å²) in [7, 11) is 0. The van der Waals surface area contributed by atoms with E-state index in [0.29, 0.717) is 6.61 Å². The standard InChI is InChI=1S/C8H13BrO2/c1-4-7(10)11-6-8(2,3)5-9/h4H,1,5-6H2,2-3H3. The van der Waals surface area contributed by atoms with E-state index in [1.807, 2.05) is 13.8 Å². The van der Waals surface area contributed by atoms with Crippen LogP contribution in [0.1, 0.15) is 13.8 Å². The number of carbonyl (C=O) groups is 1. The number of hydrogen-bond acceptors (Lipinski definition) is 2. The summed E-state index contributed by atoms with van der Waals surface area (Å²) in [5.41, 5.74) is -0.00132. The zero-order valence-electron chi connectivity index (χ0n) is 6.89. The molecule has 0 aromatic heterocycles. The number of hydrogen-bond donors (Lipinski definition) is 0. The van der Waals surface area contributed by atoms with E-state index in [2.05, 4.69) is 22.5 Å². The van der Waals surface area contributed by atoms with Gasteiger partial charge in [-0.05, 0) is 0 Å². The van der Waals surface area contributed by atoms with Gasteiger partial charge in [0.15, 0.2) is 0 Å². The molecule has 0 aliphatic carbocycles. The van der Waals surface area contributed by atoms with E-state index >= 15 is 0 Å². The molecule has 0 rings (SSSR count). The second-order valence-corrected chi connectivity index (χ2v) is 3.67. The molecular formula is C8H13BrO2. The topological polar surface area (TPSA) is 26.3 Å². The van der Waals surface area contributed by atoms with E-state index in [-0.39, 0.29) is 11.4 Å². The van der Waals surface area contributed by atoms with Crippen LogP contribution in [0, 0.1) is 5.41 Å². The Labute approximate surface area is 75.7 Å². The molecule has 0 aromatic carbocycles. The lowest BCUT2D eigenvalue weighted by Crippen LogP contribution is -2.22. The van der Waals surface area contributed by atoms with Gasteiger partial charge < -0.3 is 4.74 Å². The Hall–Kier alpha value is -0.310. The van der Waals surface area contributed by atoms with Crippen molar-refractivity contribution in [2.24, 2.45) is 5.41 Å². The monoisotopic (exact) mass is 220 g/mol. The van der Waals surface area contributed by atoms with Gasteiger partial charge in [0.2, 0.25) is 0 Å². The van der Waals surface area contributed by atoms with Crippen LogP contribution in [0.2, 0.25) is 0 Å². The predicted octanol–water partition coefficient (Wildman–Crippen LogP) is 2.14. The average Bonchev–Trinajstić information content (AvgIpc) is 2.00. The normalized spacial score (nSPS) is 10.8. The maximum absolute atomic E-state index is 10.6. The Kier molecular flexibility index (Phi) is 4.42. The Morgan fingerprint density at radius 2 is 2.27 bits per heavy atom. The van der Waals surface area contributed by atoms with Crippen molar-refractivity contribution in [1.29, 1.82) is 0 Å². The zero-order valence-corrected chi connectivity index (χ0v) is 8.48. The second-order valence-electron chi connectivity index (χ2n) is 3.11. The number of rotatable bonds is 4. The predicted molar refractivity (Wildman–Crippen MR) is 48.7 cm³/mol. The van der Waals surface area contributed by atoms with Gasteiger partial charge in [0, 0.05) is 16.8 Å². The number of halogens is 1. The summed E-state index contributed by atoms with van der Waals surface area (Å²) in [5, 5.41) is 0.810. The van der Waals surface area contributed by atoms with Crippen LogP contribution in [-0.4, -0.2) is 17.9 Å². The number of alkyl halides is 1. The molecule has 0 saturated carbocycles. The highest BCUT2D eigenvalue weighted by molar-refractivity contribution is 9.09. The highest BCUT2D eigenvalue weighted by Gasteiger charge is 2.17. The summed E-state index contributed by atoms with van der Waals surface area (Å²) >= 11 is 3.33. The van der Waals surface area contributed by atoms with Gasteiger partial charge in [0.25, 0.3) is 0 Å². The Balaban J connectivity index is 3.69. The van der Waals surface area contributed by atoms with Crippen LogP contribution in [0.4, 0.5) is 0 Å². The maximum atomic E-state index is 10.6. The average molecular weight is 221 g/mol. The molecule has 0 amide bonds. The number of carbonyl (C=O) groups excluding carboxylic acids is 1. The van der Waals surface area contributed by atoms with Gasteiger partial charge >= 0.3 is 5.97 Å². The van der Waals surface area contributed by atoms with Crippen LogP contribution in [0.3, 0.4) is 0 Å². The molecule has 0 aliphatic rings. The van der Waals surface area contributed by atoms with Crippen LogP contribution in [0.5, 0.6) is 0 Å². The summed E-state index contributed by atoms with van der Waals surface area (Å²) in [6.45, 7) is 7.74. The maximum Gasteiger partial charge on any atom is 0.330 e. The van der Waals surface area contributed by atoms with Crippen molar-refractivity contribution >= 4 is 21.9 Å². The number of ether oxygens (including phenoxy) is 1. The third-order valence-electron chi connectivity index (χ3n) is 1.13. The minimum absolute atomic E-state index is 0.00132. The molecule has 0 unspecified atom stereocenters. The number of esters is 1. The fourth-order valence-corrected chi connectivity index (χ4v) is 0.526.